The Labute approximate surface area is 101 Å². The van der Waals surface area contributed by atoms with Gasteiger partial charge < -0.3 is 15.2 Å². The van der Waals surface area contributed by atoms with Crippen LogP contribution in [-0.4, -0.2) is 35.8 Å². The molecule has 17 heavy (non-hydrogen) atoms. The number of aromatic nitrogens is 1. The summed E-state index contributed by atoms with van der Waals surface area (Å²) in [5.74, 6) is 0.285. The molecule has 0 aromatic carbocycles. The van der Waals surface area contributed by atoms with Crippen LogP contribution in [0.4, 0.5) is 5.82 Å². The highest BCUT2D eigenvalue weighted by molar-refractivity contribution is 5.67. The first-order chi connectivity index (χ1) is 8.09. The Hall–Kier alpha value is -1.62. The van der Waals surface area contributed by atoms with Crippen LogP contribution in [0.1, 0.15) is 25.3 Å². The van der Waals surface area contributed by atoms with Gasteiger partial charge in [-0.3, -0.25) is 0 Å². The second kappa shape index (κ2) is 6.85. The van der Waals surface area contributed by atoms with Gasteiger partial charge in [0.15, 0.2) is 0 Å². The highest BCUT2D eigenvalue weighted by Gasteiger charge is 2.00. The molecule has 1 aromatic rings. The van der Waals surface area contributed by atoms with Crippen LogP contribution in [0.25, 0.3) is 0 Å². The number of hydrogen-bond acceptors (Lipinski definition) is 4. The van der Waals surface area contributed by atoms with Crippen LogP contribution in [0.15, 0.2) is 18.3 Å². The average Bonchev–Trinajstić information content (AvgIpc) is 2.29. The second-order valence-corrected chi connectivity index (χ2v) is 4.00. The Morgan fingerprint density at radius 1 is 1.53 bits per heavy atom. The lowest BCUT2D eigenvalue weighted by Gasteiger charge is -2.08. The van der Waals surface area contributed by atoms with Crippen molar-refractivity contribution < 1.29 is 14.6 Å². The number of pyridine rings is 1. The summed E-state index contributed by atoms with van der Waals surface area (Å²) in [6.45, 7) is 4.86. The van der Waals surface area contributed by atoms with Crippen molar-refractivity contribution in [1.29, 1.82) is 0 Å². The molecule has 0 atom stereocenters. The number of nitrogens with one attached hydrogen (secondary N) is 1. The summed E-state index contributed by atoms with van der Waals surface area (Å²) in [7, 11) is 0. The van der Waals surface area contributed by atoms with Crippen molar-refractivity contribution in [2.45, 2.75) is 19.8 Å². The van der Waals surface area contributed by atoms with Gasteiger partial charge in [-0.15, -0.1) is 0 Å². The van der Waals surface area contributed by atoms with Gasteiger partial charge in [0.1, 0.15) is 12.4 Å². The lowest BCUT2D eigenvalue weighted by atomic mass is 10.1. The minimum absolute atomic E-state index is 0.263. The summed E-state index contributed by atoms with van der Waals surface area (Å²) < 4.78 is 4.89. The maximum absolute atomic E-state index is 10.2. The molecule has 0 spiro atoms. The van der Waals surface area contributed by atoms with Crippen LogP contribution in [-0.2, 0) is 9.53 Å². The molecule has 0 amide bonds. The number of nitrogens with zero attached hydrogens (tertiary/aromatic N) is 1. The van der Waals surface area contributed by atoms with E-state index in [9.17, 15) is 4.79 Å². The lowest BCUT2D eigenvalue weighted by Crippen LogP contribution is -2.14. The molecule has 0 aliphatic rings. The second-order valence-electron chi connectivity index (χ2n) is 4.00. The molecule has 0 saturated heterocycles. The van der Waals surface area contributed by atoms with E-state index in [2.05, 4.69) is 24.1 Å². The first-order valence-corrected chi connectivity index (χ1v) is 5.59. The third kappa shape index (κ3) is 5.31. The normalized spacial score (nSPS) is 10.5. The molecule has 1 rings (SSSR count). The molecule has 5 nitrogen and oxygen atoms in total. The summed E-state index contributed by atoms with van der Waals surface area (Å²) in [6, 6.07) is 3.94. The maximum Gasteiger partial charge on any atom is 0.329 e. The highest BCUT2D eigenvalue weighted by atomic mass is 16.5. The first kappa shape index (κ1) is 13.4. The smallest absolute Gasteiger partial charge is 0.329 e. The van der Waals surface area contributed by atoms with Crippen molar-refractivity contribution in [2.75, 3.05) is 25.1 Å². The summed E-state index contributed by atoms with van der Waals surface area (Å²) in [5.41, 5.74) is 1.19. The van der Waals surface area contributed by atoms with Gasteiger partial charge in [0.2, 0.25) is 0 Å². The third-order valence-corrected chi connectivity index (χ3v) is 2.23. The van der Waals surface area contributed by atoms with Gasteiger partial charge in [-0.05, 0) is 17.5 Å². The van der Waals surface area contributed by atoms with Gasteiger partial charge in [0.25, 0.3) is 0 Å². The topological polar surface area (TPSA) is 71.5 Å². The van der Waals surface area contributed by atoms with E-state index in [1.165, 1.54) is 5.56 Å². The van der Waals surface area contributed by atoms with Crippen LogP contribution in [0.5, 0.6) is 0 Å². The fourth-order valence-electron chi connectivity index (χ4n) is 1.26. The third-order valence-electron chi connectivity index (χ3n) is 2.23. The Bertz CT molecular complexity index is 349. The molecule has 0 radical (unpaired) electrons. The Balaban J connectivity index is 2.25. The van der Waals surface area contributed by atoms with E-state index in [1.807, 2.05) is 18.3 Å². The van der Waals surface area contributed by atoms with E-state index in [-0.39, 0.29) is 6.61 Å². The first-order valence-electron chi connectivity index (χ1n) is 5.59. The minimum atomic E-state index is -0.954. The number of anilines is 1. The predicted molar refractivity (Wildman–Crippen MR) is 65.3 cm³/mol. The molecule has 2 N–H and O–H groups in total. The Kier molecular flexibility index (Phi) is 5.42. The van der Waals surface area contributed by atoms with Gasteiger partial charge in [0, 0.05) is 12.7 Å². The molecule has 0 unspecified atom stereocenters. The molecular weight excluding hydrogens is 220 g/mol. The van der Waals surface area contributed by atoms with Crippen LogP contribution >= 0.6 is 0 Å². The van der Waals surface area contributed by atoms with E-state index in [4.69, 9.17) is 9.84 Å². The Morgan fingerprint density at radius 3 is 2.82 bits per heavy atom. The number of carbonyl (C=O) groups is 1. The molecule has 5 heteroatoms. The molecule has 1 heterocycles. The molecule has 1 aromatic heterocycles. The lowest BCUT2D eigenvalue weighted by molar-refractivity contribution is -0.142. The molecule has 94 valence electrons. The molecule has 0 saturated carbocycles. The summed E-state index contributed by atoms with van der Waals surface area (Å²) in [4.78, 5) is 14.4. The monoisotopic (exact) mass is 238 g/mol. The SMILES string of the molecule is CC(C)c1ccc(NCCOCC(=O)O)nc1. The molecule has 0 aliphatic heterocycles. The standard InChI is InChI=1S/C12H18N2O3/c1-9(2)10-3-4-11(14-7-10)13-5-6-17-8-12(15)16/h3-4,7,9H,5-6,8H2,1-2H3,(H,13,14)(H,15,16). The van der Waals surface area contributed by atoms with E-state index in [0.29, 0.717) is 19.1 Å². The molecule has 0 bridgehead atoms. The van der Waals surface area contributed by atoms with Crippen molar-refractivity contribution in [3.63, 3.8) is 0 Å². The van der Waals surface area contributed by atoms with Gasteiger partial charge >= 0.3 is 5.97 Å². The number of hydrogen-bond donors (Lipinski definition) is 2. The van der Waals surface area contributed by atoms with Crippen molar-refractivity contribution >= 4 is 11.8 Å². The predicted octanol–water partition coefficient (Wildman–Crippen LogP) is 1.72. The maximum atomic E-state index is 10.2. The molecule has 0 aliphatic carbocycles. The fourth-order valence-corrected chi connectivity index (χ4v) is 1.26. The number of rotatable bonds is 7. The summed E-state index contributed by atoms with van der Waals surface area (Å²) in [6.07, 6.45) is 1.84. The van der Waals surface area contributed by atoms with E-state index >= 15 is 0 Å². The summed E-state index contributed by atoms with van der Waals surface area (Å²) >= 11 is 0. The zero-order chi connectivity index (χ0) is 12.7. The van der Waals surface area contributed by atoms with Crippen LogP contribution in [0.3, 0.4) is 0 Å². The van der Waals surface area contributed by atoms with Crippen molar-refractivity contribution in [2.24, 2.45) is 0 Å². The number of carboxylic acid groups (broad SMARTS) is 1. The van der Waals surface area contributed by atoms with Crippen LogP contribution in [0.2, 0.25) is 0 Å². The van der Waals surface area contributed by atoms with Crippen molar-refractivity contribution in [3.05, 3.63) is 23.9 Å². The fraction of sp³-hybridized carbons (Fsp3) is 0.500. The van der Waals surface area contributed by atoms with Gasteiger partial charge in [-0.25, -0.2) is 9.78 Å². The highest BCUT2D eigenvalue weighted by Crippen LogP contribution is 2.14. The van der Waals surface area contributed by atoms with E-state index < -0.39 is 5.97 Å². The van der Waals surface area contributed by atoms with Gasteiger partial charge in [-0.1, -0.05) is 19.9 Å². The molecular formula is C12H18N2O3. The van der Waals surface area contributed by atoms with Gasteiger partial charge in [0.05, 0.1) is 6.61 Å². The number of aliphatic carboxylic acids is 1. The van der Waals surface area contributed by atoms with Gasteiger partial charge in [-0.2, -0.15) is 0 Å². The van der Waals surface area contributed by atoms with Crippen LogP contribution < -0.4 is 5.32 Å². The zero-order valence-corrected chi connectivity index (χ0v) is 10.1. The van der Waals surface area contributed by atoms with Crippen molar-refractivity contribution in [3.8, 4) is 0 Å². The number of carboxylic acids is 1. The largest absolute Gasteiger partial charge is 0.480 e. The molecule has 0 fully saturated rings. The minimum Gasteiger partial charge on any atom is -0.480 e. The van der Waals surface area contributed by atoms with Crippen LogP contribution in [0, 0.1) is 0 Å². The summed E-state index contributed by atoms with van der Waals surface area (Å²) in [5, 5.41) is 11.4. The number of ether oxygens (including phenoxy) is 1. The quantitative estimate of drug-likeness (QED) is 0.708. The average molecular weight is 238 g/mol. The van der Waals surface area contributed by atoms with Crippen molar-refractivity contribution in [1.82, 2.24) is 4.98 Å². The zero-order valence-electron chi connectivity index (χ0n) is 10.1. The van der Waals surface area contributed by atoms with E-state index in [0.717, 1.165) is 5.82 Å². The van der Waals surface area contributed by atoms with E-state index in [1.54, 1.807) is 0 Å². The Morgan fingerprint density at radius 2 is 2.29 bits per heavy atom.